The maximum atomic E-state index is 12.2. The van der Waals surface area contributed by atoms with Crippen LogP contribution in [0.1, 0.15) is 53.8 Å². The van der Waals surface area contributed by atoms with E-state index in [4.69, 9.17) is 21.3 Å². The number of aryl methyl sites for hydroxylation is 3. The van der Waals surface area contributed by atoms with Crippen molar-refractivity contribution in [3.63, 3.8) is 0 Å². The van der Waals surface area contributed by atoms with Crippen molar-refractivity contribution in [3.8, 4) is 5.75 Å². The zero-order chi connectivity index (χ0) is 25.2. The van der Waals surface area contributed by atoms with Gasteiger partial charge in [0.25, 0.3) is 5.91 Å². The van der Waals surface area contributed by atoms with Crippen LogP contribution in [0.15, 0.2) is 72.8 Å². The van der Waals surface area contributed by atoms with Crippen molar-refractivity contribution in [2.75, 3.05) is 13.2 Å². The Hall–Kier alpha value is -3.31. The van der Waals surface area contributed by atoms with Crippen molar-refractivity contribution in [1.82, 2.24) is 14.9 Å². The number of halogens is 1. The molecule has 0 aliphatic rings. The number of para-hydroxylation sites is 2. The molecule has 6 heteroatoms. The van der Waals surface area contributed by atoms with E-state index in [0.29, 0.717) is 23.7 Å². The van der Waals surface area contributed by atoms with Crippen LogP contribution in [0.5, 0.6) is 5.75 Å². The van der Waals surface area contributed by atoms with E-state index in [2.05, 4.69) is 47.1 Å². The third-order valence-corrected chi connectivity index (χ3v) is 6.48. The Labute approximate surface area is 218 Å². The summed E-state index contributed by atoms with van der Waals surface area (Å²) < 4.78 is 8.25. The van der Waals surface area contributed by atoms with E-state index < -0.39 is 0 Å². The lowest BCUT2D eigenvalue weighted by molar-refractivity contribution is 0.0953. The second kappa shape index (κ2) is 13.1. The molecule has 36 heavy (non-hydrogen) atoms. The number of ether oxygens (including phenoxy) is 1. The van der Waals surface area contributed by atoms with E-state index in [1.165, 1.54) is 11.1 Å². The first kappa shape index (κ1) is 25.8. The van der Waals surface area contributed by atoms with Gasteiger partial charge in [-0.25, -0.2) is 4.98 Å². The average molecular weight is 504 g/mol. The van der Waals surface area contributed by atoms with Gasteiger partial charge in [0.1, 0.15) is 11.6 Å². The minimum atomic E-state index is -0.0781. The number of hydrogen-bond acceptors (Lipinski definition) is 3. The average Bonchev–Trinajstić information content (AvgIpc) is 3.24. The van der Waals surface area contributed by atoms with Gasteiger partial charge in [-0.2, -0.15) is 0 Å². The molecule has 0 bridgehead atoms. The summed E-state index contributed by atoms with van der Waals surface area (Å²) in [6.07, 6.45) is 5.96. The largest absolute Gasteiger partial charge is 0.494 e. The first-order valence-electron chi connectivity index (χ1n) is 12.8. The number of amides is 1. The summed E-state index contributed by atoms with van der Waals surface area (Å²) in [5.74, 6) is 1.99. The second-order valence-electron chi connectivity index (χ2n) is 9.11. The predicted molar refractivity (Wildman–Crippen MR) is 147 cm³/mol. The van der Waals surface area contributed by atoms with Gasteiger partial charge in [-0.1, -0.05) is 53.9 Å². The summed E-state index contributed by atoms with van der Waals surface area (Å²) in [5, 5.41) is 3.56. The number of unbranched alkanes of at least 4 members (excludes halogenated alkanes) is 3. The molecule has 0 radical (unpaired) electrons. The number of carbonyl (C=O) groups is 1. The molecule has 188 valence electrons. The summed E-state index contributed by atoms with van der Waals surface area (Å²) in [7, 11) is 0. The normalized spacial score (nSPS) is 11.1. The molecule has 0 atom stereocenters. The summed E-state index contributed by atoms with van der Waals surface area (Å²) in [5.41, 5.74) is 4.09. The number of hydrogen-bond donors (Lipinski definition) is 1. The highest BCUT2D eigenvalue weighted by atomic mass is 35.5. The number of imidazole rings is 1. The Morgan fingerprint density at radius 3 is 2.61 bits per heavy atom. The number of nitrogens with zero attached hydrogens (tertiary/aromatic N) is 2. The number of fused-ring (bicyclic) bond motifs is 1. The lowest BCUT2D eigenvalue weighted by Crippen LogP contribution is -2.24. The van der Waals surface area contributed by atoms with Crippen LogP contribution in [0.2, 0.25) is 5.02 Å². The van der Waals surface area contributed by atoms with Crippen LogP contribution in [0.3, 0.4) is 0 Å². The predicted octanol–water partition coefficient (Wildman–Crippen LogP) is 7.00. The standard InChI is InChI=1S/C30H34ClN3O2/c1-23-15-17-26(18-16-23)36-21-8-7-20-34-28-13-5-4-12-27(28)33-29(34)14-3-2-6-19-32-30(35)24-10-9-11-25(31)22-24/h4-5,9-13,15-18,22H,2-3,6-8,14,19-21H2,1H3,(H,32,35). The number of benzene rings is 3. The minimum Gasteiger partial charge on any atom is -0.494 e. The Bertz CT molecular complexity index is 1270. The molecule has 0 aliphatic carbocycles. The zero-order valence-electron chi connectivity index (χ0n) is 20.9. The number of carbonyl (C=O) groups excluding carboxylic acids is 1. The van der Waals surface area contributed by atoms with Crippen molar-refractivity contribution >= 4 is 28.5 Å². The Balaban J connectivity index is 1.21. The van der Waals surface area contributed by atoms with Crippen LogP contribution in [0, 0.1) is 6.92 Å². The van der Waals surface area contributed by atoms with Crippen LogP contribution in [0.25, 0.3) is 11.0 Å². The third kappa shape index (κ3) is 7.34. The molecule has 0 unspecified atom stereocenters. The Morgan fingerprint density at radius 1 is 0.944 bits per heavy atom. The third-order valence-electron chi connectivity index (χ3n) is 6.25. The summed E-state index contributed by atoms with van der Waals surface area (Å²) in [6.45, 7) is 4.38. The van der Waals surface area contributed by atoms with Gasteiger partial charge in [-0.05, 0) is 75.1 Å². The molecule has 1 amide bonds. The first-order valence-corrected chi connectivity index (χ1v) is 13.2. The SMILES string of the molecule is Cc1ccc(OCCCCn2c(CCCCCNC(=O)c3cccc(Cl)c3)nc3ccccc32)cc1. The molecule has 5 nitrogen and oxygen atoms in total. The highest BCUT2D eigenvalue weighted by Gasteiger charge is 2.10. The molecule has 0 fully saturated rings. The van der Waals surface area contributed by atoms with E-state index >= 15 is 0 Å². The smallest absolute Gasteiger partial charge is 0.251 e. The molecule has 1 heterocycles. The van der Waals surface area contributed by atoms with Crippen molar-refractivity contribution in [2.45, 2.75) is 52.0 Å². The van der Waals surface area contributed by atoms with Gasteiger partial charge in [-0.15, -0.1) is 0 Å². The topological polar surface area (TPSA) is 56.1 Å². The Kier molecular flexibility index (Phi) is 9.40. The maximum Gasteiger partial charge on any atom is 0.251 e. The first-order chi connectivity index (χ1) is 17.6. The zero-order valence-corrected chi connectivity index (χ0v) is 21.6. The van der Waals surface area contributed by atoms with E-state index in [0.717, 1.165) is 62.2 Å². The highest BCUT2D eigenvalue weighted by molar-refractivity contribution is 6.30. The van der Waals surface area contributed by atoms with Gasteiger partial charge >= 0.3 is 0 Å². The summed E-state index contributed by atoms with van der Waals surface area (Å²) in [4.78, 5) is 17.2. The van der Waals surface area contributed by atoms with Gasteiger partial charge in [0, 0.05) is 30.1 Å². The molecule has 0 spiro atoms. The number of aromatic nitrogens is 2. The molecule has 4 aromatic rings. The monoisotopic (exact) mass is 503 g/mol. The Morgan fingerprint density at radius 2 is 1.78 bits per heavy atom. The number of nitrogens with one attached hydrogen (secondary N) is 1. The van der Waals surface area contributed by atoms with Gasteiger partial charge < -0.3 is 14.6 Å². The van der Waals surface area contributed by atoms with Crippen molar-refractivity contribution in [1.29, 1.82) is 0 Å². The fraction of sp³-hybridized carbons (Fsp3) is 0.333. The van der Waals surface area contributed by atoms with Crippen molar-refractivity contribution < 1.29 is 9.53 Å². The number of rotatable bonds is 13. The van der Waals surface area contributed by atoms with Gasteiger partial charge in [0.05, 0.1) is 17.6 Å². The minimum absolute atomic E-state index is 0.0781. The molecule has 1 N–H and O–H groups in total. The summed E-state index contributed by atoms with van der Waals surface area (Å²) >= 11 is 5.98. The van der Waals surface area contributed by atoms with E-state index in [1.54, 1.807) is 24.3 Å². The van der Waals surface area contributed by atoms with Gasteiger partial charge in [0.15, 0.2) is 0 Å². The molecule has 3 aromatic carbocycles. The van der Waals surface area contributed by atoms with Crippen molar-refractivity contribution in [2.24, 2.45) is 0 Å². The molecule has 4 rings (SSSR count). The van der Waals surface area contributed by atoms with E-state index in [-0.39, 0.29) is 5.91 Å². The quantitative estimate of drug-likeness (QED) is 0.200. The fourth-order valence-corrected chi connectivity index (χ4v) is 4.47. The van der Waals surface area contributed by atoms with Gasteiger partial charge in [0.2, 0.25) is 0 Å². The fourth-order valence-electron chi connectivity index (χ4n) is 4.28. The van der Waals surface area contributed by atoms with Gasteiger partial charge in [-0.3, -0.25) is 4.79 Å². The van der Waals surface area contributed by atoms with Crippen LogP contribution in [-0.2, 0) is 13.0 Å². The molecule has 1 aromatic heterocycles. The van der Waals surface area contributed by atoms with E-state index in [1.807, 2.05) is 18.2 Å². The lowest BCUT2D eigenvalue weighted by atomic mass is 10.1. The van der Waals surface area contributed by atoms with E-state index in [9.17, 15) is 4.79 Å². The summed E-state index contributed by atoms with van der Waals surface area (Å²) in [6, 6.07) is 23.6. The van der Waals surface area contributed by atoms with Crippen LogP contribution < -0.4 is 10.1 Å². The molecular formula is C30H34ClN3O2. The molecule has 0 aliphatic heterocycles. The van der Waals surface area contributed by atoms with Crippen LogP contribution in [0.4, 0.5) is 0 Å². The molecule has 0 saturated heterocycles. The van der Waals surface area contributed by atoms with Crippen LogP contribution in [-0.4, -0.2) is 28.6 Å². The lowest BCUT2D eigenvalue weighted by Gasteiger charge is -2.11. The maximum absolute atomic E-state index is 12.2. The van der Waals surface area contributed by atoms with Crippen LogP contribution >= 0.6 is 11.6 Å². The molecule has 0 saturated carbocycles. The molecular weight excluding hydrogens is 470 g/mol. The second-order valence-corrected chi connectivity index (χ2v) is 9.55. The van der Waals surface area contributed by atoms with Crippen molar-refractivity contribution in [3.05, 3.63) is 94.8 Å². The highest BCUT2D eigenvalue weighted by Crippen LogP contribution is 2.19.